The maximum Gasteiger partial charge on any atom is 0.273 e. The number of furan rings is 1. The normalized spacial score (nSPS) is 11.9. The number of rotatable bonds is 6. The van der Waals surface area contributed by atoms with E-state index >= 15 is 0 Å². The summed E-state index contributed by atoms with van der Waals surface area (Å²) in [5.74, 6) is 0.881. The fourth-order valence-corrected chi connectivity index (χ4v) is 2.47. The first-order valence-corrected chi connectivity index (χ1v) is 7.03. The van der Waals surface area contributed by atoms with Gasteiger partial charge in [-0.25, -0.2) is 13.1 Å². The van der Waals surface area contributed by atoms with E-state index in [4.69, 9.17) is 9.52 Å². The van der Waals surface area contributed by atoms with Crippen LogP contribution in [0.2, 0.25) is 0 Å². The molecule has 0 saturated heterocycles. The summed E-state index contributed by atoms with van der Waals surface area (Å²) in [5.41, 5.74) is 0. The van der Waals surface area contributed by atoms with E-state index in [0.717, 1.165) is 0 Å². The quantitative estimate of drug-likeness (QED) is 0.735. The number of aliphatic hydroxyl groups is 1. The zero-order chi connectivity index (χ0) is 13.9. The molecule has 0 bridgehead atoms. The average molecular weight is 286 g/mol. The molecule has 19 heavy (non-hydrogen) atoms. The highest BCUT2D eigenvalue weighted by Crippen LogP contribution is 2.13. The molecule has 0 radical (unpaired) electrons. The SMILES string of the molecule is Cn1cnnc1CCNS(=O)(=O)c1ccc(CO)o1. The average Bonchev–Trinajstić information content (AvgIpc) is 2.99. The Balaban J connectivity index is 1.96. The molecular formula is C10H14N4O4S. The minimum Gasteiger partial charge on any atom is -0.446 e. The van der Waals surface area contributed by atoms with Crippen molar-refractivity contribution < 1.29 is 17.9 Å². The van der Waals surface area contributed by atoms with Crippen LogP contribution in [0.1, 0.15) is 11.6 Å². The highest BCUT2D eigenvalue weighted by atomic mass is 32.2. The summed E-state index contributed by atoms with van der Waals surface area (Å²) in [5, 5.41) is 16.2. The van der Waals surface area contributed by atoms with Crippen LogP contribution < -0.4 is 4.72 Å². The fourth-order valence-electron chi connectivity index (χ4n) is 1.49. The molecule has 2 N–H and O–H groups in total. The van der Waals surface area contributed by atoms with Gasteiger partial charge in [-0.15, -0.1) is 10.2 Å². The highest BCUT2D eigenvalue weighted by Gasteiger charge is 2.18. The Morgan fingerprint density at radius 2 is 2.26 bits per heavy atom. The molecule has 0 spiro atoms. The second kappa shape index (κ2) is 5.51. The van der Waals surface area contributed by atoms with Crippen molar-refractivity contribution in [2.24, 2.45) is 7.05 Å². The van der Waals surface area contributed by atoms with Crippen LogP contribution in [0, 0.1) is 0 Å². The van der Waals surface area contributed by atoms with E-state index in [1.165, 1.54) is 12.1 Å². The molecule has 2 aromatic heterocycles. The summed E-state index contributed by atoms with van der Waals surface area (Å²) >= 11 is 0. The van der Waals surface area contributed by atoms with Crippen molar-refractivity contribution in [1.29, 1.82) is 0 Å². The van der Waals surface area contributed by atoms with Gasteiger partial charge in [-0.05, 0) is 12.1 Å². The van der Waals surface area contributed by atoms with E-state index in [1.54, 1.807) is 17.9 Å². The molecule has 2 heterocycles. The maximum absolute atomic E-state index is 11.8. The predicted molar refractivity (Wildman–Crippen MR) is 64.5 cm³/mol. The first-order valence-electron chi connectivity index (χ1n) is 5.55. The second-order valence-corrected chi connectivity index (χ2v) is 5.58. The summed E-state index contributed by atoms with van der Waals surface area (Å²) in [6.07, 6.45) is 1.97. The van der Waals surface area contributed by atoms with Crippen LogP contribution in [0.4, 0.5) is 0 Å². The van der Waals surface area contributed by atoms with E-state index in [-0.39, 0.29) is 24.0 Å². The molecule has 0 unspecified atom stereocenters. The van der Waals surface area contributed by atoms with Gasteiger partial charge in [0.15, 0.2) is 0 Å². The van der Waals surface area contributed by atoms with Gasteiger partial charge in [0.2, 0.25) is 5.09 Å². The van der Waals surface area contributed by atoms with Gasteiger partial charge in [0.05, 0.1) is 0 Å². The molecule has 0 saturated carbocycles. The van der Waals surface area contributed by atoms with E-state index in [9.17, 15) is 8.42 Å². The summed E-state index contributed by atoms with van der Waals surface area (Å²) in [7, 11) is -1.92. The van der Waals surface area contributed by atoms with Crippen molar-refractivity contribution in [2.75, 3.05) is 6.54 Å². The molecule has 0 aromatic carbocycles. The van der Waals surface area contributed by atoms with Crippen molar-refractivity contribution in [1.82, 2.24) is 19.5 Å². The zero-order valence-corrected chi connectivity index (χ0v) is 11.1. The van der Waals surface area contributed by atoms with Gasteiger partial charge >= 0.3 is 0 Å². The lowest BCUT2D eigenvalue weighted by Gasteiger charge is -2.03. The first-order chi connectivity index (χ1) is 9.03. The monoisotopic (exact) mass is 286 g/mol. The summed E-state index contributed by atoms with van der Waals surface area (Å²) in [6, 6.07) is 2.72. The van der Waals surface area contributed by atoms with E-state index in [2.05, 4.69) is 14.9 Å². The molecule has 0 aliphatic carbocycles. The van der Waals surface area contributed by atoms with Crippen LogP contribution in [0.25, 0.3) is 0 Å². The molecule has 8 nitrogen and oxygen atoms in total. The topological polar surface area (TPSA) is 110 Å². The third kappa shape index (κ3) is 3.19. The van der Waals surface area contributed by atoms with Crippen LogP contribution >= 0.6 is 0 Å². The number of nitrogens with zero attached hydrogens (tertiary/aromatic N) is 3. The van der Waals surface area contributed by atoms with Gasteiger partial charge < -0.3 is 14.1 Å². The van der Waals surface area contributed by atoms with E-state index < -0.39 is 10.0 Å². The van der Waals surface area contributed by atoms with Crippen LogP contribution in [-0.2, 0) is 30.1 Å². The Morgan fingerprint density at radius 1 is 1.47 bits per heavy atom. The van der Waals surface area contributed by atoms with Crippen molar-refractivity contribution in [3.05, 3.63) is 30.0 Å². The summed E-state index contributed by atoms with van der Waals surface area (Å²) in [6.45, 7) is -0.154. The first kappa shape index (κ1) is 13.7. The predicted octanol–water partition coefficient (Wildman–Crippen LogP) is -0.579. The lowest BCUT2D eigenvalue weighted by molar-refractivity contribution is 0.236. The third-order valence-corrected chi connectivity index (χ3v) is 3.84. The number of hydrogen-bond acceptors (Lipinski definition) is 6. The largest absolute Gasteiger partial charge is 0.446 e. The Labute approximate surface area is 110 Å². The van der Waals surface area contributed by atoms with Crippen molar-refractivity contribution >= 4 is 10.0 Å². The Kier molecular flexibility index (Phi) is 3.98. The van der Waals surface area contributed by atoms with E-state index in [0.29, 0.717) is 12.2 Å². The standard InChI is InChI=1S/C10H14N4O4S/c1-14-7-11-13-9(14)4-5-12-19(16,17)10-3-2-8(6-15)18-10/h2-3,7,12,15H,4-6H2,1H3. The fraction of sp³-hybridized carbons (Fsp3) is 0.400. The Morgan fingerprint density at radius 3 is 2.84 bits per heavy atom. The van der Waals surface area contributed by atoms with E-state index in [1.807, 2.05) is 0 Å². The van der Waals surface area contributed by atoms with Gasteiger partial charge in [0.25, 0.3) is 10.0 Å². The van der Waals surface area contributed by atoms with Gasteiger partial charge in [-0.3, -0.25) is 0 Å². The Hall–Kier alpha value is -1.71. The molecule has 0 fully saturated rings. The zero-order valence-electron chi connectivity index (χ0n) is 10.3. The van der Waals surface area contributed by atoms with Gasteiger partial charge in [0, 0.05) is 20.0 Å². The molecule has 9 heteroatoms. The molecule has 0 aliphatic heterocycles. The lowest BCUT2D eigenvalue weighted by atomic mass is 10.4. The molecule has 104 valence electrons. The number of aryl methyl sites for hydroxylation is 1. The summed E-state index contributed by atoms with van der Waals surface area (Å²) in [4.78, 5) is 0. The number of nitrogens with one attached hydrogen (secondary N) is 1. The number of hydrogen-bond donors (Lipinski definition) is 2. The van der Waals surface area contributed by atoms with Gasteiger partial charge in [-0.1, -0.05) is 0 Å². The number of aliphatic hydroxyl groups excluding tert-OH is 1. The highest BCUT2D eigenvalue weighted by molar-refractivity contribution is 7.89. The minimum atomic E-state index is -3.70. The molecule has 2 aromatic rings. The molecule has 0 atom stereocenters. The van der Waals surface area contributed by atoms with Crippen LogP contribution in [0.15, 0.2) is 28.0 Å². The smallest absolute Gasteiger partial charge is 0.273 e. The van der Waals surface area contributed by atoms with Crippen LogP contribution in [0.3, 0.4) is 0 Å². The lowest BCUT2D eigenvalue weighted by Crippen LogP contribution is -2.26. The number of aromatic nitrogens is 3. The third-order valence-electron chi connectivity index (χ3n) is 2.50. The number of sulfonamides is 1. The van der Waals surface area contributed by atoms with Crippen molar-refractivity contribution in [2.45, 2.75) is 18.1 Å². The Bertz CT molecular complexity index is 646. The molecule has 0 aliphatic rings. The van der Waals surface area contributed by atoms with Crippen molar-refractivity contribution in [3.8, 4) is 0 Å². The van der Waals surface area contributed by atoms with Crippen LogP contribution in [0.5, 0.6) is 0 Å². The van der Waals surface area contributed by atoms with Crippen molar-refractivity contribution in [3.63, 3.8) is 0 Å². The minimum absolute atomic E-state index is 0.185. The maximum atomic E-state index is 11.8. The molecule has 0 amide bonds. The molecule has 2 rings (SSSR count). The van der Waals surface area contributed by atoms with Gasteiger partial charge in [-0.2, -0.15) is 0 Å². The molecular weight excluding hydrogens is 272 g/mol. The van der Waals surface area contributed by atoms with Crippen LogP contribution in [-0.4, -0.2) is 34.8 Å². The second-order valence-electron chi connectivity index (χ2n) is 3.88. The summed E-state index contributed by atoms with van der Waals surface area (Å²) < 4.78 is 32.8. The van der Waals surface area contributed by atoms with Gasteiger partial charge in [0.1, 0.15) is 24.5 Å².